The van der Waals surface area contributed by atoms with Gasteiger partial charge in [0.25, 0.3) is 0 Å². The molecule has 0 atom stereocenters. The number of nitrogens with two attached hydrogens (primary N) is 1. The highest BCUT2D eigenvalue weighted by Gasteiger charge is 2.12. The number of fused-ring (bicyclic) bond motifs is 1. The number of aromatic nitrogens is 3. The van der Waals surface area contributed by atoms with Gasteiger partial charge in [-0.05, 0) is 30.2 Å². The van der Waals surface area contributed by atoms with E-state index in [1.165, 1.54) is 4.70 Å². The zero-order valence-corrected chi connectivity index (χ0v) is 17.8. The van der Waals surface area contributed by atoms with Crippen LogP contribution in [-0.2, 0) is 0 Å². The molecule has 0 fully saturated rings. The number of para-hydroxylation sites is 1. The molecule has 7 nitrogen and oxygen atoms in total. The van der Waals surface area contributed by atoms with E-state index in [1.807, 2.05) is 30.5 Å². The lowest BCUT2D eigenvalue weighted by molar-refractivity contribution is 0.341. The fourth-order valence-corrected chi connectivity index (χ4v) is 4.59. The number of hydrogen-bond donors (Lipinski definition) is 2. The molecule has 2 aromatic heterocycles. The van der Waals surface area contributed by atoms with Gasteiger partial charge in [-0.25, -0.2) is 9.97 Å². The van der Waals surface area contributed by atoms with Crippen LogP contribution in [0.2, 0.25) is 0 Å². The first-order valence-electron chi connectivity index (χ1n) is 10.3. The van der Waals surface area contributed by atoms with Gasteiger partial charge < -0.3 is 11.1 Å². The minimum atomic E-state index is 0.265. The summed E-state index contributed by atoms with van der Waals surface area (Å²) < 4.78 is 1.18. The van der Waals surface area contributed by atoms with Crippen LogP contribution in [0.4, 0.5) is 11.8 Å². The van der Waals surface area contributed by atoms with Crippen LogP contribution in [-0.4, -0.2) is 52.4 Å². The van der Waals surface area contributed by atoms with E-state index in [0.29, 0.717) is 0 Å². The number of rotatable bonds is 7. The minimum absolute atomic E-state index is 0.265. The maximum absolute atomic E-state index is 5.88. The van der Waals surface area contributed by atoms with Crippen molar-refractivity contribution in [3.8, 4) is 21.7 Å². The lowest BCUT2D eigenvalue weighted by Crippen LogP contribution is -2.23. The molecule has 1 aliphatic rings. The summed E-state index contributed by atoms with van der Waals surface area (Å²) >= 11 is 1.70. The number of aliphatic imine (C=N–C) groups is 1. The predicted molar refractivity (Wildman–Crippen MR) is 129 cm³/mol. The average molecular weight is 430 g/mol. The van der Waals surface area contributed by atoms with Gasteiger partial charge in [-0.3, -0.25) is 9.89 Å². The van der Waals surface area contributed by atoms with E-state index in [-0.39, 0.29) is 5.95 Å². The van der Waals surface area contributed by atoms with Gasteiger partial charge in [0.15, 0.2) is 0 Å². The third kappa shape index (κ3) is 4.40. The molecule has 3 heterocycles. The first kappa shape index (κ1) is 19.6. The van der Waals surface area contributed by atoms with Gasteiger partial charge in [0.2, 0.25) is 5.95 Å². The Kier molecular flexibility index (Phi) is 5.56. The predicted octanol–water partition coefficient (Wildman–Crippen LogP) is 4.15. The molecule has 156 valence electrons. The van der Waals surface area contributed by atoms with E-state index in [4.69, 9.17) is 10.7 Å². The number of nitrogens with zero attached hydrogens (tertiary/aromatic N) is 5. The van der Waals surface area contributed by atoms with Crippen LogP contribution >= 0.6 is 11.3 Å². The van der Waals surface area contributed by atoms with Gasteiger partial charge in [-0.2, -0.15) is 4.98 Å². The van der Waals surface area contributed by atoms with E-state index in [1.54, 1.807) is 17.5 Å². The smallest absolute Gasteiger partial charge is 0.221 e. The molecule has 2 aromatic carbocycles. The summed E-state index contributed by atoms with van der Waals surface area (Å²) in [5.74, 6) is 1.02. The highest BCUT2D eigenvalue weighted by atomic mass is 32.1. The van der Waals surface area contributed by atoms with Crippen molar-refractivity contribution < 1.29 is 0 Å². The molecular weight excluding hydrogens is 406 g/mol. The molecule has 0 saturated heterocycles. The van der Waals surface area contributed by atoms with E-state index in [2.05, 4.69) is 49.4 Å². The molecule has 0 aliphatic carbocycles. The monoisotopic (exact) mass is 429 g/mol. The Balaban J connectivity index is 1.37. The SMILES string of the molecule is Nc1ncc(-c2cccc(-c3nc4ccccc4s3)c2)c(NCCCN2CC=NC2)n1. The molecule has 0 amide bonds. The Hall–Kier alpha value is -3.36. The molecule has 0 radical (unpaired) electrons. The van der Waals surface area contributed by atoms with Crippen LogP contribution in [0.5, 0.6) is 0 Å². The molecule has 5 rings (SSSR count). The maximum Gasteiger partial charge on any atom is 0.221 e. The molecule has 4 aromatic rings. The van der Waals surface area contributed by atoms with Crippen LogP contribution in [0.25, 0.3) is 31.9 Å². The van der Waals surface area contributed by atoms with Gasteiger partial charge >= 0.3 is 0 Å². The number of nitrogen functional groups attached to an aromatic ring is 1. The number of benzene rings is 2. The van der Waals surface area contributed by atoms with E-state index in [0.717, 1.165) is 65.8 Å². The van der Waals surface area contributed by atoms with Crippen molar-refractivity contribution in [2.75, 3.05) is 37.4 Å². The molecule has 0 saturated carbocycles. The number of nitrogens with one attached hydrogen (secondary N) is 1. The summed E-state index contributed by atoms with van der Waals surface area (Å²) in [5, 5.41) is 4.45. The summed E-state index contributed by atoms with van der Waals surface area (Å²) in [6, 6.07) is 16.5. The molecule has 0 unspecified atom stereocenters. The fraction of sp³-hybridized carbons (Fsp3) is 0.217. The maximum atomic E-state index is 5.88. The molecule has 0 bridgehead atoms. The van der Waals surface area contributed by atoms with Crippen LogP contribution < -0.4 is 11.1 Å². The summed E-state index contributed by atoms with van der Waals surface area (Å²) in [7, 11) is 0. The van der Waals surface area contributed by atoms with Crippen molar-refractivity contribution in [1.29, 1.82) is 0 Å². The van der Waals surface area contributed by atoms with Crippen molar-refractivity contribution in [3.63, 3.8) is 0 Å². The molecule has 0 spiro atoms. The Bertz CT molecular complexity index is 1190. The normalized spacial score (nSPS) is 13.8. The zero-order chi connectivity index (χ0) is 21.0. The van der Waals surface area contributed by atoms with Crippen molar-refractivity contribution in [3.05, 3.63) is 54.7 Å². The number of anilines is 2. The van der Waals surface area contributed by atoms with Crippen molar-refractivity contribution in [1.82, 2.24) is 19.9 Å². The van der Waals surface area contributed by atoms with Crippen LogP contribution in [0.15, 0.2) is 59.7 Å². The Morgan fingerprint density at radius 2 is 1.97 bits per heavy atom. The molecule has 3 N–H and O–H groups in total. The van der Waals surface area contributed by atoms with Crippen LogP contribution in [0.3, 0.4) is 0 Å². The lowest BCUT2D eigenvalue weighted by atomic mass is 10.0. The molecule has 1 aliphatic heterocycles. The summed E-state index contributed by atoms with van der Waals surface area (Å²) in [4.78, 5) is 20.0. The highest BCUT2D eigenvalue weighted by Crippen LogP contribution is 2.34. The zero-order valence-electron chi connectivity index (χ0n) is 17.0. The minimum Gasteiger partial charge on any atom is -0.369 e. The molecule has 8 heteroatoms. The van der Waals surface area contributed by atoms with E-state index in [9.17, 15) is 0 Å². The van der Waals surface area contributed by atoms with Gasteiger partial charge in [-0.15, -0.1) is 11.3 Å². The van der Waals surface area contributed by atoms with E-state index < -0.39 is 0 Å². The van der Waals surface area contributed by atoms with Crippen molar-refractivity contribution in [2.45, 2.75) is 6.42 Å². The van der Waals surface area contributed by atoms with Gasteiger partial charge in [0.05, 0.1) is 16.9 Å². The Labute approximate surface area is 184 Å². The summed E-state index contributed by atoms with van der Waals surface area (Å²) in [6.45, 7) is 3.53. The standard InChI is InChI=1S/C23H23N7S/c24-23-27-14-18(21(29-23)26-9-4-11-30-12-10-25-15-30)16-5-3-6-17(13-16)22-28-19-7-1-2-8-20(19)31-22/h1-3,5-8,10,13-14H,4,9,11-12,15H2,(H3,24,26,27,29). The first-order valence-corrected chi connectivity index (χ1v) is 11.1. The van der Waals surface area contributed by atoms with Gasteiger partial charge in [-0.1, -0.05) is 30.3 Å². The summed E-state index contributed by atoms with van der Waals surface area (Å²) in [6.07, 6.45) is 4.75. The third-order valence-corrected chi connectivity index (χ3v) is 6.30. The number of thiazole rings is 1. The first-order chi connectivity index (χ1) is 15.3. The fourth-order valence-electron chi connectivity index (χ4n) is 3.63. The van der Waals surface area contributed by atoms with Crippen LogP contribution in [0.1, 0.15) is 6.42 Å². The highest BCUT2D eigenvalue weighted by molar-refractivity contribution is 7.21. The van der Waals surface area contributed by atoms with Gasteiger partial charge in [0.1, 0.15) is 10.8 Å². The lowest BCUT2D eigenvalue weighted by Gasteiger charge is -2.15. The Morgan fingerprint density at radius 3 is 2.84 bits per heavy atom. The Morgan fingerprint density at radius 1 is 1.06 bits per heavy atom. The summed E-state index contributed by atoms with van der Waals surface area (Å²) in [5.41, 5.74) is 9.95. The quantitative estimate of drug-likeness (QED) is 0.429. The van der Waals surface area contributed by atoms with E-state index >= 15 is 0 Å². The topological polar surface area (TPSA) is 92.3 Å². The van der Waals surface area contributed by atoms with Gasteiger partial charge in [0, 0.05) is 43.2 Å². The second-order valence-corrected chi connectivity index (χ2v) is 8.45. The second kappa shape index (κ2) is 8.79. The van der Waals surface area contributed by atoms with Crippen molar-refractivity contribution in [2.24, 2.45) is 4.99 Å². The van der Waals surface area contributed by atoms with Crippen LogP contribution in [0, 0.1) is 0 Å². The second-order valence-electron chi connectivity index (χ2n) is 7.42. The molecular formula is C23H23N7S. The third-order valence-electron chi connectivity index (χ3n) is 5.22. The largest absolute Gasteiger partial charge is 0.369 e. The van der Waals surface area contributed by atoms with Crippen molar-refractivity contribution >= 4 is 39.5 Å². The average Bonchev–Trinajstić information content (AvgIpc) is 3.47. The molecule has 31 heavy (non-hydrogen) atoms. The number of hydrogen-bond acceptors (Lipinski definition) is 8.